The third-order valence-electron chi connectivity index (χ3n) is 6.23. The number of rotatable bonds is 1. The normalized spacial score (nSPS) is 15.9. The number of allylic oxidation sites excluding steroid dienone is 1. The monoisotopic (exact) mass is 356 g/mol. The van der Waals surface area contributed by atoms with Gasteiger partial charge in [-0.15, -0.1) is 0 Å². The van der Waals surface area contributed by atoms with Crippen molar-refractivity contribution in [3.05, 3.63) is 114 Å². The molecule has 0 bridgehead atoms. The summed E-state index contributed by atoms with van der Waals surface area (Å²) in [6, 6.07) is 33.4. The molecule has 6 rings (SSSR count). The van der Waals surface area contributed by atoms with Crippen LogP contribution < -0.4 is 0 Å². The van der Waals surface area contributed by atoms with Crippen LogP contribution in [0.5, 0.6) is 0 Å². The van der Waals surface area contributed by atoms with Gasteiger partial charge in [-0.3, -0.25) is 0 Å². The Labute approximate surface area is 164 Å². The van der Waals surface area contributed by atoms with Gasteiger partial charge in [-0.05, 0) is 55.4 Å². The molecule has 1 unspecified atom stereocenters. The van der Waals surface area contributed by atoms with Gasteiger partial charge in [0, 0.05) is 5.92 Å². The fraction of sp³-hybridized carbons (Fsp3) is 0.0714. The van der Waals surface area contributed by atoms with Crippen LogP contribution in [0.3, 0.4) is 0 Å². The van der Waals surface area contributed by atoms with Gasteiger partial charge in [0.25, 0.3) is 0 Å². The second-order valence-electron chi connectivity index (χ2n) is 7.71. The van der Waals surface area contributed by atoms with Crippen LogP contribution >= 0.6 is 0 Å². The minimum atomic E-state index is 0.398. The second kappa shape index (κ2) is 6.07. The van der Waals surface area contributed by atoms with Crippen LogP contribution in [0.1, 0.15) is 29.0 Å². The minimum Gasteiger partial charge on any atom is -0.0830 e. The van der Waals surface area contributed by atoms with Crippen molar-refractivity contribution in [2.75, 3.05) is 0 Å². The summed E-state index contributed by atoms with van der Waals surface area (Å²) >= 11 is 0. The summed E-state index contributed by atoms with van der Waals surface area (Å²) < 4.78 is 0. The lowest BCUT2D eigenvalue weighted by Gasteiger charge is -2.25. The Hall–Kier alpha value is -3.38. The summed E-state index contributed by atoms with van der Waals surface area (Å²) in [4.78, 5) is 0. The maximum absolute atomic E-state index is 2.35. The van der Waals surface area contributed by atoms with Crippen LogP contribution in [0.4, 0.5) is 0 Å². The fourth-order valence-electron chi connectivity index (χ4n) is 4.91. The Morgan fingerprint density at radius 3 is 2.11 bits per heavy atom. The molecule has 0 heterocycles. The van der Waals surface area contributed by atoms with Crippen molar-refractivity contribution in [2.45, 2.75) is 12.3 Å². The fourth-order valence-corrected chi connectivity index (χ4v) is 4.91. The van der Waals surface area contributed by atoms with E-state index < -0.39 is 0 Å². The first-order valence-corrected chi connectivity index (χ1v) is 9.99. The van der Waals surface area contributed by atoms with Crippen molar-refractivity contribution >= 4 is 38.4 Å². The molecular formula is C28H20. The average Bonchev–Trinajstić information content (AvgIpc) is 2.78. The van der Waals surface area contributed by atoms with Crippen LogP contribution in [-0.4, -0.2) is 0 Å². The van der Waals surface area contributed by atoms with Gasteiger partial charge >= 0.3 is 0 Å². The molecule has 1 aliphatic rings. The SMILES string of the molecule is C1=Cc2c(ccc3ccccc23)C(c2cccc3c2ccc2ccccc23)C1. The van der Waals surface area contributed by atoms with Gasteiger partial charge in [-0.2, -0.15) is 0 Å². The standard InChI is InChI=1S/C28H20/c1-3-9-21-19(7-1)15-17-27-23(21)11-5-13-25(27)26-14-6-12-24-22-10-4-2-8-20(22)16-18-28(24)26/h1-13,15-18,26H,14H2. The zero-order chi connectivity index (χ0) is 18.5. The summed E-state index contributed by atoms with van der Waals surface area (Å²) in [6.07, 6.45) is 5.71. The zero-order valence-corrected chi connectivity index (χ0v) is 15.6. The highest BCUT2D eigenvalue weighted by Gasteiger charge is 2.22. The van der Waals surface area contributed by atoms with E-state index in [1.165, 1.54) is 49.0 Å². The van der Waals surface area contributed by atoms with Crippen molar-refractivity contribution in [1.82, 2.24) is 0 Å². The molecule has 1 atom stereocenters. The van der Waals surface area contributed by atoms with Gasteiger partial charge < -0.3 is 0 Å². The van der Waals surface area contributed by atoms with Crippen LogP contribution in [0, 0.1) is 0 Å². The van der Waals surface area contributed by atoms with E-state index in [9.17, 15) is 0 Å². The Bertz CT molecular complexity index is 1390. The van der Waals surface area contributed by atoms with Gasteiger partial charge in [-0.25, -0.2) is 0 Å². The van der Waals surface area contributed by atoms with Gasteiger partial charge in [0.05, 0.1) is 0 Å². The molecule has 0 heteroatoms. The lowest BCUT2D eigenvalue weighted by atomic mass is 9.79. The number of fused-ring (bicyclic) bond motifs is 6. The van der Waals surface area contributed by atoms with Gasteiger partial charge in [-0.1, -0.05) is 103 Å². The van der Waals surface area contributed by atoms with E-state index in [0.29, 0.717) is 5.92 Å². The number of hydrogen-bond acceptors (Lipinski definition) is 0. The summed E-state index contributed by atoms with van der Waals surface area (Å²) in [7, 11) is 0. The summed E-state index contributed by atoms with van der Waals surface area (Å²) in [5, 5.41) is 8.05. The topological polar surface area (TPSA) is 0 Å². The molecule has 0 amide bonds. The third-order valence-corrected chi connectivity index (χ3v) is 6.23. The maximum Gasteiger partial charge on any atom is 0.0136 e. The number of hydrogen-bond donors (Lipinski definition) is 0. The quantitative estimate of drug-likeness (QED) is 0.270. The number of benzene rings is 5. The van der Waals surface area contributed by atoms with Crippen LogP contribution in [-0.2, 0) is 0 Å². The van der Waals surface area contributed by atoms with Crippen molar-refractivity contribution < 1.29 is 0 Å². The Kier molecular flexibility index (Phi) is 3.39. The maximum atomic E-state index is 2.35. The molecule has 1 aliphatic carbocycles. The molecular weight excluding hydrogens is 336 g/mol. The molecule has 0 nitrogen and oxygen atoms in total. The molecule has 0 aromatic heterocycles. The average molecular weight is 356 g/mol. The molecule has 0 spiro atoms. The third kappa shape index (κ3) is 2.25. The van der Waals surface area contributed by atoms with E-state index in [1.807, 2.05) is 0 Å². The van der Waals surface area contributed by atoms with Crippen molar-refractivity contribution in [3.63, 3.8) is 0 Å². The molecule has 28 heavy (non-hydrogen) atoms. The first kappa shape index (κ1) is 15.7. The summed E-state index contributed by atoms with van der Waals surface area (Å²) in [6.45, 7) is 0. The highest BCUT2D eigenvalue weighted by molar-refractivity contribution is 6.08. The Morgan fingerprint density at radius 1 is 0.500 bits per heavy atom. The van der Waals surface area contributed by atoms with Crippen LogP contribution in [0.25, 0.3) is 38.4 Å². The van der Waals surface area contributed by atoms with E-state index in [4.69, 9.17) is 0 Å². The largest absolute Gasteiger partial charge is 0.0830 e. The van der Waals surface area contributed by atoms with Gasteiger partial charge in [0.1, 0.15) is 0 Å². The van der Waals surface area contributed by atoms with Crippen molar-refractivity contribution in [3.8, 4) is 0 Å². The molecule has 0 saturated carbocycles. The van der Waals surface area contributed by atoms with Crippen LogP contribution in [0.15, 0.2) is 97.1 Å². The molecule has 0 radical (unpaired) electrons. The molecule has 5 aromatic rings. The van der Waals surface area contributed by atoms with Crippen molar-refractivity contribution in [1.29, 1.82) is 0 Å². The summed E-state index contributed by atoms with van der Waals surface area (Å²) in [5.74, 6) is 0.398. The molecule has 0 saturated heterocycles. The van der Waals surface area contributed by atoms with E-state index >= 15 is 0 Å². The molecule has 0 aliphatic heterocycles. The first-order chi connectivity index (χ1) is 13.9. The molecule has 5 aromatic carbocycles. The lowest BCUT2D eigenvalue weighted by molar-refractivity contribution is 0.829. The second-order valence-corrected chi connectivity index (χ2v) is 7.71. The molecule has 132 valence electrons. The minimum absolute atomic E-state index is 0.398. The lowest BCUT2D eigenvalue weighted by Crippen LogP contribution is -2.06. The van der Waals surface area contributed by atoms with Crippen LogP contribution in [0.2, 0.25) is 0 Å². The Morgan fingerprint density at radius 2 is 1.21 bits per heavy atom. The highest BCUT2D eigenvalue weighted by Crippen LogP contribution is 2.41. The Balaban J connectivity index is 1.62. The predicted octanol–water partition coefficient (Wildman–Crippen LogP) is 7.70. The molecule has 0 fully saturated rings. The smallest absolute Gasteiger partial charge is 0.0136 e. The van der Waals surface area contributed by atoms with Gasteiger partial charge in [0.2, 0.25) is 0 Å². The van der Waals surface area contributed by atoms with E-state index in [2.05, 4.69) is 103 Å². The van der Waals surface area contributed by atoms with Crippen molar-refractivity contribution in [2.24, 2.45) is 0 Å². The van der Waals surface area contributed by atoms with E-state index in [1.54, 1.807) is 0 Å². The predicted molar refractivity (Wildman–Crippen MR) is 121 cm³/mol. The first-order valence-electron chi connectivity index (χ1n) is 9.99. The van der Waals surface area contributed by atoms with Gasteiger partial charge in [0.15, 0.2) is 0 Å². The highest BCUT2D eigenvalue weighted by atomic mass is 14.3. The van der Waals surface area contributed by atoms with E-state index in [-0.39, 0.29) is 0 Å². The molecule has 0 N–H and O–H groups in total. The zero-order valence-electron chi connectivity index (χ0n) is 15.6. The summed E-state index contributed by atoms with van der Waals surface area (Å²) in [5.41, 5.74) is 4.26. The van der Waals surface area contributed by atoms with E-state index in [0.717, 1.165) is 6.42 Å².